The maximum atomic E-state index is 10.7. The summed E-state index contributed by atoms with van der Waals surface area (Å²) in [4.78, 5) is 0. The smallest absolute Gasteiger partial charge is 0.147 e. The van der Waals surface area contributed by atoms with Crippen molar-refractivity contribution in [3.8, 4) is 0 Å². The van der Waals surface area contributed by atoms with Gasteiger partial charge in [0.2, 0.25) is 0 Å². The van der Waals surface area contributed by atoms with E-state index in [-0.39, 0.29) is 5.75 Å². The van der Waals surface area contributed by atoms with Crippen LogP contribution < -0.4 is 0 Å². The maximum Gasteiger partial charge on any atom is 0.147 e. The molecule has 0 radical (unpaired) electrons. The normalized spacial score (nSPS) is 13.5. The Bertz CT molecular complexity index is 224. The molecule has 0 aromatic heterocycles. The minimum absolute atomic E-state index is 0.273. The van der Waals surface area contributed by atoms with Crippen LogP contribution in [0, 0.1) is 0 Å². The highest BCUT2D eigenvalue weighted by atomic mass is 32.2. The third-order valence-corrected chi connectivity index (χ3v) is 2.37. The van der Waals surface area contributed by atoms with Gasteiger partial charge in [-0.3, -0.25) is 0 Å². The lowest BCUT2D eigenvalue weighted by atomic mass is 10.2. The zero-order chi connectivity index (χ0) is 8.91. The molecule has 2 nitrogen and oxygen atoms in total. The van der Waals surface area contributed by atoms with E-state index in [1.807, 2.05) is 13.8 Å². The lowest BCUT2D eigenvalue weighted by molar-refractivity contribution is 0.601. The van der Waals surface area contributed by atoms with Crippen molar-refractivity contribution >= 4 is 9.84 Å². The Morgan fingerprint density at radius 1 is 1.45 bits per heavy atom. The number of allylic oxidation sites excluding steroid dienone is 2. The summed E-state index contributed by atoms with van der Waals surface area (Å²) in [6.07, 6.45) is 4.99. The SMILES string of the molecule is CC/C=C(/C)CCS(C)(=O)=O. The van der Waals surface area contributed by atoms with E-state index in [1.54, 1.807) is 0 Å². The summed E-state index contributed by atoms with van der Waals surface area (Å²) in [5, 5.41) is 0. The molecule has 0 aliphatic rings. The Balaban J connectivity index is 3.81. The molecule has 0 atom stereocenters. The van der Waals surface area contributed by atoms with Crippen molar-refractivity contribution in [2.75, 3.05) is 12.0 Å². The first-order valence-corrected chi connectivity index (χ1v) is 5.85. The van der Waals surface area contributed by atoms with Crippen LogP contribution in [0.5, 0.6) is 0 Å². The Morgan fingerprint density at radius 3 is 2.36 bits per heavy atom. The quantitative estimate of drug-likeness (QED) is 0.612. The van der Waals surface area contributed by atoms with Gasteiger partial charge in [-0.15, -0.1) is 0 Å². The zero-order valence-electron chi connectivity index (χ0n) is 7.42. The second kappa shape index (κ2) is 4.54. The van der Waals surface area contributed by atoms with Crippen LogP contribution in [0.4, 0.5) is 0 Å². The third kappa shape index (κ3) is 7.59. The van der Waals surface area contributed by atoms with Gasteiger partial charge in [-0.05, 0) is 19.8 Å². The molecule has 0 saturated heterocycles. The van der Waals surface area contributed by atoms with Crippen molar-refractivity contribution in [2.45, 2.75) is 26.7 Å². The Hall–Kier alpha value is -0.310. The molecule has 0 aliphatic heterocycles. The third-order valence-electron chi connectivity index (χ3n) is 1.42. The Morgan fingerprint density at radius 2 is 2.00 bits per heavy atom. The lowest BCUT2D eigenvalue weighted by Gasteiger charge is -1.98. The average molecular weight is 176 g/mol. The molecule has 0 bridgehead atoms. The second-order valence-corrected chi connectivity index (χ2v) is 5.10. The molecule has 11 heavy (non-hydrogen) atoms. The molecular formula is C8H16O2S. The average Bonchev–Trinajstić information content (AvgIpc) is 1.83. The number of rotatable bonds is 4. The molecule has 0 amide bonds. The maximum absolute atomic E-state index is 10.7. The molecule has 0 heterocycles. The molecule has 66 valence electrons. The molecule has 0 rings (SSSR count). The second-order valence-electron chi connectivity index (χ2n) is 2.84. The molecule has 0 aromatic rings. The van der Waals surface area contributed by atoms with Crippen LogP contribution in [0.15, 0.2) is 11.6 Å². The largest absolute Gasteiger partial charge is 0.229 e. The van der Waals surface area contributed by atoms with E-state index >= 15 is 0 Å². The fourth-order valence-corrected chi connectivity index (χ4v) is 1.49. The summed E-state index contributed by atoms with van der Waals surface area (Å²) in [5.74, 6) is 0.273. The molecule has 0 N–H and O–H groups in total. The summed E-state index contributed by atoms with van der Waals surface area (Å²) in [5.41, 5.74) is 1.16. The fourth-order valence-electron chi connectivity index (χ4n) is 0.797. The first kappa shape index (κ1) is 10.7. The van der Waals surface area contributed by atoms with Gasteiger partial charge in [0.05, 0.1) is 5.75 Å². The molecule has 0 aromatic carbocycles. The van der Waals surface area contributed by atoms with Crippen LogP contribution in [0.3, 0.4) is 0 Å². The van der Waals surface area contributed by atoms with Crippen LogP contribution in [-0.2, 0) is 9.84 Å². The zero-order valence-corrected chi connectivity index (χ0v) is 8.24. The summed E-state index contributed by atoms with van der Waals surface area (Å²) >= 11 is 0. The highest BCUT2D eigenvalue weighted by molar-refractivity contribution is 7.90. The van der Waals surface area contributed by atoms with Crippen molar-refractivity contribution in [1.82, 2.24) is 0 Å². The molecule has 0 aliphatic carbocycles. The van der Waals surface area contributed by atoms with Crippen molar-refractivity contribution in [3.05, 3.63) is 11.6 Å². The van der Waals surface area contributed by atoms with Gasteiger partial charge in [-0.25, -0.2) is 8.42 Å². The standard InChI is InChI=1S/C8H16O2S/c1-4-5-8(2)6-7-11(3,9)10/h5H,4,6-7H2,1-3H3/b8-5-. The molecule has 0 fully saturated rings. The van der Waals surface area contributed by atoms with Crippen LogP contribution in [0.2, 0.25) is 0 Å². The predicted octanol–water partition coefficient (Wildman–Crippen LogP) is 1.78. The van der Waals surface area contributed by atoms with E-state index in [1.165, 1.54) is 6.26 Å². The topological polar surface area (TPSA) is 34.1 Å². The summed E-state index contributed by atoms with van der Waals surface area (Å²) in [6.45, 7) is 4.01. The van der Waals surface area contributed by atoms with Crippen molar-refractivity contribution in [3.63, 3.8) is 0 Å². The summed E-state index contributed by atoms with van der Waals surface area (Å²) < 4.78 is 21.4. The molecule has 0 spiro atoms. The summed E-state index contributed by atoms with van der Waals surface area (Å²) in [6, 6.07) is 0. The van der Waals surface area contributed by atoms with Gasteiger partial charge in [0.15, 0.2) is 0 Å². The van der Waals surface area contributed by atoms with E-state index in [9.17, 15) is 8.42 Å². The van der Waals surface area contributed by atoms with Gasteiger partial charge < -0.3 is 0 Å². The minimum Gasteiger partial charge on any atom is -0.229 e. The van der Waals surface area contributed by atoms with Gasteiger partial charge in [0.25, 0.3) is 0 Å². The molecular weight excluding hydrogens is 160 g/mol. The van der Waals surface area contributed by atoms with E-state index in [4.69, 9.17) is 0 Å². The first-order valence-electron chi connectivity index (χ1n) is 3.79. The van der Waals surface area contributed by atoms with E-state index < -0.39 is 9.84 Å². The van der Waals surface area contributed by atoms with Gasteiger partial charge in [0, 0.05) is 6.26 Å². The van der Waals surface area contributed by atoms with Crippen LogP contribution in [-0.4, -0.2) is 20.4 Å². The van der Waals surface area contributed by atoms with Crippen molar-refractivity contribution in [1.29, 1.82) is 0 Å². The van der Waals surface area contributed by atoms with E-state index in [0.717, 1.165) is 12.0 Å². The molecule has 3 heteroatoms. The van der Waals surface area contributed by atoms with Gasteiger partial charge >= 0.3 is 0 Å². The van der Waals surface area contributed by atoms with Crippen LogP contribution in [0.1, 0.15) is 26.7 Å². The first-order chi connectivity index (χ1) is 4.95. The monoisotopic (exact) mass is 176 g/mol. The van der Waals surface area contributed by atoms with Crippen LogP contribution >= 0.6 is 0 Å². The van der Waals surface area contributed by atoms with Gasteiger partial charge in [0.1, 0.15) is 9.84 Å². The van der Waals surface area contributed by atoms with E-state index in [0.29, 0.717) is 6.42 Å². The summed E-state index contributed by atoms with van der Waals surface area (Å²) in [7, 11) is -2.78. The predicted molar refractivity (Wildman–Crippen MR) is 48.4 cm³/mol. The Kier molecular flexibility index (Phi) is 4.42. The number of hydrogen-bond donors (Lipinski definition) is 0. The van der Waals surface area contributed by atoms with Gasteiger partial charge in [-0.2, -0.15) is 0 Å². The molecule has 0 unspecified atom stereocenters. The minimum atomic E-state index is -2.78. The van der Waals surface area contributed by atoms with E-state index in [2.05, 4.69) is 6.08 Å². The van der Waals surface area contributed by atoms with Crippen molar-refractivity contribution in [2.24, 2.45) is 0 Å². The number of hydrogen-bond acceptors (Lipinski definition) is 2. The highest BCUT2D eigenvalue weighted by Crippen LogP contribution is 2.02. The highest BCUT2D eigenvalue weighted by Gasteiger charge is 2.00. The Labute approximate surface area is 69.2 Å². The van der Waals surface area contributed by atoms with Gasteiger partial charge in [-0.1, -0.05) is 18.6 Å². The molecule has 0 saturated carbocycles. The lowest BCUT2D eigenvalue weighted by Crippen LogP contribution is -2.02. The van der Waals surface area contributed by atoms with Crippen molar-refractivity contribution < 1.29 is 8.42 Å². The fraction of sp³-hybridized carbons (Fsp3) is 0.750. The van der Waals surface area contributed by atoms with Crippen LogP contribution in [0.25, 0.3) is 0 Å². The number of sulfone groups is 1.